The largest absolute Gasteiger partial charge is 0.456 e. The molecule has 3 aliphatic heterocycles. The lowest BCUT2D eigenvalue weighted by atomic mass is 10.1. The summed E-state index contributed by atoms with van der Waals surface area (Å²) in [5.41, 5.74) is 3.11. The molecule has 3 saturated heterocycles. The van der Waals surface area contributed by atoms with Gasteiger partial charge >= 0.3 is 0 Å². The number of fused-ring (bicyclic) bond motifs is 3. The lowest BCUT2D eigenvalue weighted by Crippen LogP contribution is -2.34. The number of nitrogens with zero attached hydrogens (tertiary/aromatic N) is 4. The smallest absolute Gasteiger partial charge is 0.296 e. The number of rotatable bonds is 6. The number of anilines is 1. The maximum atomic E-state index is 9.92. The van der Waals surface area contributed by atoms with E-state index < -0.39 is 6.10 Å². The number of hydrogen-bond donors (Lipinski definition) is 3. The third-order valence-corrected chi connectivity index (χ3v) is 7.02. The summed E-state index contributed by atoms with van der Waals surface area (Å²) in [5.74, 6) is 0.509. The molecule has 182 valence electrons. The van der Waals surface area contributed by atoms with Gasteiger partial charge in [-0.05, 0) is 12.1 Å². The molecule has 3 fully saturated rings. The Morgan fingerprint density at radius 1 is 1.14 bits per heavy atom. The van der Waals surface area contributed by atoms with Crippen LogP contribution in [0.15, 0.2) is 30.3 Å². The molecule has 0 unspecified atom stereocenters. The van der Waals surface area contributed by atoms with Crippen molar-refractivity contribution in [2.24, 2.45) is 0 Å². The summed E-state index contributed by atoms with van der Waals surface area (Å²) >= 11 is 6.52. The standard InChI is InChI=1S/C23H23ClN6O5/c24-13-5-14-22(28-23(26-14)35-18-10-34-19-17(31)9-33-20(18)19)27-21(13)25-6-15-12-3-1-2-4-16(12)30(29-15)11-7-32-8-11/h1-5,11,17-20,31H,6-10H2,(H2,25,26,27,28)/t17-,18-,19-,20-/m1/s1. The van der Waals surface area contributed by atoms with Gasteiger partial charge in [0.25, 0.3) is 6.01 Å². The van der Waals surface area contributed by atoms with Crippen molar-refractivity contribution in [3.63, 3.8) is 0 Å². The third kappa shape index (κ3) is 3.62. The van der Waals surface area contributed by atoms with Crippen molar-refractivity contribution in [2.75, 3.05) is 31.7 Å². The molecule has 4 atom stereocenters. The van der Waals surface area contributed by atoms with Gasteiger partial charge in [-0.15, -0.1) is 0 Å². The van der Waals surface area contributed by atoms with Crippen molar-refractivity contribution in [2.45, 2.75) is 37.0 Å². The first-order valence-electron chi connectivity index (χ1n) is 11.6. The summed E-state index contributed by atoms with van der Waals surface area (Å²) in [6.07, 6.45) is -1.70. The number of aliphatic hydroxyl groups is 1. The quantitative estimate of drug-likeness (QED) is 0.366. The van der Waals surface area contributed by atoms with Gasteiger partial charge in [-0.2, -0.15) is 10.1 Å². The van der Waals surface area contributed by atoms with Crippen LogP contribution in [0.4, 0.5) is 5.82 Å². The lowest BCUT2D eigenvalue weighted by Gasteiger charge is -2.26. The van der Waals surface area contributed by atoms with Gasteiger partial charge in [0, 0.05) is 5.39 Å². The van der Waals surface area contributed by atoms with Gasteiger partial charge in [0.2, 0.25) is 0 Å². The lowest BCUT2D eigenvalue weighted by molar-refractivity contribution is -0.0268. The fourth-order valence-electron chi connectivity index (χ4n) is 4.86. The average Bonchev–Trinajstić information content (AvgIpc) is 3.57. The van der Waals surface area contributed by atoms with E-state index in [1.807, 2.05) is 16.8 Å². The summed E-state index contributed by atoms with van der Waals surface area (Å²) in [6.45, 7) is 2.36. The Hall–Kier alpha value is -2.96. The van der Waals surface area contributed by atoms with Crippen LogP contribution in [0.5, 0.6) is 6.01 Å². The molecule has 0 amide bonds. The molecule has 35 heavy (non-hydrogen) atoms. The molecule has 0 saturated carbocycles. The predicted molar refractivity (Wildman–Crippen MR) is 126 cm³/mol. The van der Waals surface area contributed by atoms with E-state index in [1.54, 1.807) is 6.07 Å². The van der Waals surface area contributed by atoms with E-state index in [0.717, 1.165) is 16.6 Å². The average molecular weight is 499 g/mol. The normalized spacial score (nSPS) is 26.3. The monoisotopic (exact) mass is 498 g/mol. The number of aromatic amines is 1. The highest BCUT2D eigenvalue weighted by Crippen LogP contribution is 2.31. The SMILES string of the molecule is O[C@@H]1CO[C@H]2[C@@H]1OC[C@H]2Oc1nc2nc(NCc3nn(C4COC4)c4ccccc34)c(Cl)cc2[nH]1. The summed E-state index contributed by atoms with van der Waals surface area (Å²) < 4.78 is 24.6. The minimum absolute atomic E-state index is 0.240. The number of pyridine rings is 1. The third-order valence-electron chi connectivity index (χ3n) is 6.73. The van der Waals surface area contributed by atoms with Crippen LogP contribution in [0.25, 0.3) is 22.1 Å². The van der Waals surface area contributed by atoms with Gasteiger partial charge in [0.15, 0.2) is 11.8 Å². The highest BCUT2D eigenvalue weighted by Gasteiger charge is 2.48. The van der Waals surface area contributed by atoms with Gasteiger partial charge in [-0.3, -0.25) is 4.68 Å². The van der Waals surface area contributed by atoms with Crippen LogP contribution in [-0.4, -0.2) is 80.7 Å². The zero-order valence-corrected chi connectivity index (χ0v) is 19.3. The Bertz CT molecular complexity index is 1400. The summed E-state index contributed by atoms with van der Waals surface area (Å²) in [6, 6.07) is 10.5. The molecule has 0 radical (unpaired) electrons. The van der Waals surface area contributed by atoms with Gasteiger partial charge in [-0.25, -0.2) is 4.98 Å². The number of hydrogen-bond acceptors (Lipinski definition) is 9. The van der Waals surface area contributed by atoms with Crippen molar-refractivity contribution in [3.05, 3.63) is 41.0 Å². The summed E-state index contributed by atoms with van der Waals surface area (Å²) in [7, 11) is 0. The number of benzene rings is 1. The minimum atomic E-state index is -0.635. The van der Waals surface area contributed by atoms with Crippen molar-refractivity contribution in [3.8, 4) is 6.01 Å². The Morgan fingerprint density at radius 2 is 2.00 bits per heavy atom. The molecule has 11 nitrogen and oxygen atoms in total. The topological polar surface area (TPSA) is 129 Å². The molecule has 4 aromatic rings. The van der Waals surface area contributed by atoms with E-state index in [2.05, 4.69) is 32.4 Å². The van der Waals surface area contributed by atoms with Crippen LogP contribution in [0.3, 0.4) is 0 Å². The zero-order chi connectivity index (χ0) is 23.5. The second kappa shape index (κ2) is 8.32. The van der Waals surface area contributed by atoms with Crippen LogP contribution < -0.4 is 10.1 Å². The highest BCUT2D eigenvalue weighted by molar-refractivity contribution is 6.33. The Balaban J connectivity index is 1.11. The Kier molecular flexibility index (Phi) is 5.07. The molecule has 7 rings (SSSR count). The molecule has 3 aliphatic rings. The fourth-order valence-corrected chi connectivity index (χ4v) is 5.08. The van der Waals surface area contributed by atoms with E-state index >= 15 is 0 Å². The van der Waals surface area contributed by atoms with Crippen molar-refractivity contribution in [1.29, 1.82) is 0 Å². The molecule has 0 bridgehead atoms. The highest BCUT2D eigenvalue weighted by atomic mass is 35.5. The van der Waals surface area contributed by atoms with Gasteiger partial charge < -0.3 is 34.4 Å². The van der Waals surface area contributed by atoms with Gasteiger partial charge in [-0.1, -0.05) is 29.8 Å². The van der Waals surface area contributed by atoms with E-state index in [0.29, 0.717) is 54.4 Å². The maximum Gasteiger partial charge on any atom is 0.296 e. The molecule has 0 spiro atoms. The molecule has 1 aromatic carbocycles. The summed E-state index contributed by atoms with van der Waals surface area (Å²) in [4.78, 5) is 12.2. The van der Waals surface area contributed by atoms with E-state index in [-0.39, 0.29) is 31.0 Å². The number of para-hydroxylation sites is 1. The first-order chi connectivity index (χ1) is 17.1. The number of imidazole rings is 1. The molecule has 0 aliphatic carbocycles. The van der Waals surface area contributed by atoms with E-state index in [4.69, 9.17) is 35.6 Å². The zero-order valence-electron chi connectivity index (χ0n) is 18.6. The molecular formula is C23H23ClN6O5. The second-order valence-corrected chi connectivity index (χ2v) is 9.41. The molecule has 12 heteroatoms. The van der Waals surface area contributed by atoms with Crippen LogP contribution in [0.2, 0.25) is 5.02 Å². The van der Waals surface area contributed by atoms with Crippen LogP contribution >= 0.6 is 11.6 Å². The number of ether oxygens (including phenoxy) is 4. The van der Waals surface area contributed by atoms with E-state index in [9.17, 15) is 5.11 Å². The second-order valence-electron chi connectivity index (χ2n) is 9.00. The molecule has 3 N–H and O–H groups in total. The number of halogens is 1. The van der Waals surface area contributed by atoms with Gasteiger partial charge in [0.1, 0.15) is 24.1 Å². The van der Waals surface area contributed by atoms with Crippen LogP contribution in [0, 0.1) is 0 Å². The van der Waals surface area contributed by atoms with Gasteiger partial charge in [0.05, 0.1) is 60.8 Å². The number of aromatic nitrogens is 5. The van der Waals surface area contributed by atoms with Crippen molar-refractivity contribution < 1.29 is 24.1 Å². The van der Waals surface area contributed by atoms with Crippen LogP contribution in [0.1, 0.15) is 11.7 Å². The Labute approximate surface area is 204 Å². The number of H-pyrrole nitrogens is 1. The Morgan fingerprint density at radius 3 is 2.86 bits per heavy atom. The first-order valence-corrected chi connectivity index (χ1v) is 11.9. The molecule has 6 heterocycles. The van der Waals surface area contributed by atoms with Crippen LogP contribution in [-0.2, 0) is 20.8 Å². The first kappa shape index (κ1) is 21.3. The predicted octanol–water partition coefficient (Wildman–Crippen LogP) is 2.05. The van der Waals surface area contributed by atoms with Crippen molar-refractivity contribution >= 4 is 39.5 Å². The molecule has 3 aromatic heterocycles. The minimum Gasteiger partial charge on any atom is -0.456 e. The fraction of sp³-hybridized carbons (Fsp3) is 0.435. The molecular weight excluding hydrogens is 476 g/mol. The van der Waals surface area contributed by atoms with E-state index in [1.165, 1.54) is 0 Å². The summed E-state index contributed by atoms with van der Waals surface area (Å²) in [5, 5.41) is 19.6. The number of nitrogens with one attached hydrogen (secondary N) is 2. The van der Waals surface area contributed by atoms with Crippen molar-refractivity contribution in [1.82, 2.24) is 24.7 Å². The number of aliphatic hydroxyl groups excluding tert-OH is 1. The maximum absolute atomic E-state index is 9.92.